The van der Waals surface area contributed by atoms with Crippen LogP contribution in [0.5, 0.6) is 0 Å². The average Bonchev–Trinajstić information content (AvgIpc) is 4.23. The fourth-order valence-corrected chi connectivity index (χ4v) is 10.2. The zero-order valence-electron chi connectivity index (χ0n) is 45.1. The van der Waals surface area contributed by atoms with Gasteiger partial charge in [-0.1, -0.05) is 96.0 Å². The van der Waals surface area contributed by atoms with Gasteiger partial charge in [0, 0.05) is 28.2 Å². The van der Waals surface area contributed by atoms with Gasteiger partial charge in [-0.3, -0.25) is 12.2 Å². The average molecular weight is 1190 g/mol. The zero-order valence-corrected chi connectivity index (χ0v) is 51.5. The molecule has 0 saturated carbocycles. The molecular formula is C70H66Cl2N2Zr2-2. The van der Waals surface area contributed by atoms with E-state index in [4.69, 9.17) is 0 Å². The van der Waals surface area contributed by atoms with Gasteiger partial charge >= 0.3 is 198 Å². The van der Waals surface area contributed by atoms with E-state index in [0.29, 0.717) is 0 Å². The van der Waals surface area contributed by atoms with E-state index in [-0.39, 0.29) is 24.8 Å². The van der Waals surface area contributed by atoms with Crippen molar-refractivity contribution in [2.24, 2.45) is 0 Å². The van der Waals surface area contributed by atoms with E-state index >= 15 is 0 Å². The molecule has 4 aliphatic carbocycles. The van der Waals surface area contributed by atoms with Crippen molar-refractivity contribution < 1.29 is 73.3 Å². The summed E-state index contributed by atoms with van der Waals surface area (Å²) in [4.78, 5) is 4.20. The third kappa shape index (κ3) is 17.2. The van der Waals surface area contributed by atoms with E-state index in [0.717, 1.165) is 37.1 Å². The monoisotopic (exact) mass is 1180 g/mol. The number of hydrogen-bond donors (Lipinski definition) is 0. The number of rotatable bonds is 6. The molecule has 2 nitrogen and oxygen atoms in total. The van der Waals surface area contributed by atoms with Crippen molar-refractivity contribution in [1.82, 2.24) is 0 Å². The molecule has 0 spiro atoms. The maximum absolute atomic E-state index is 3.50. The zero-order chi connectivity index (χ0) is 52.4. The summed E-state index contributed by atoms with van der Waals surface area (Å²) in [6, 6.07) is 75.2. The Kier molecular flexibility index (Phi) is 25.0. The first-order valence-corrected chi connectivity index (χ1v) is 27.8. The second-order valence-electron chi connectivity index (χ2n) is 19.1. The van der Waals surface area contributed by atoms with Gasteiger partial charge in [0.05, 0.1) is 0 Å². The Morgan fingerprint density at radius 1 is 0.368 bits per heavy atom. The predicted octanol–water partition coefficient (Wildman–Crippen LogP) is 10.0. The summed E-state index contributed by atoms with van der Waals surface area (Å²) in [5.41, 5.74) is 24.3. The van der Waals surface area contributed by atoms with E-state index in [9.17, 15) is 0 Å². The molecule has 12 rings (SSSR count). The molecule has 0 radical (unpaired) electrons. The summed E-state index contributed by atoms with van der Waals surface area (Å²) < 4.78 is 2.83. The second kappa shape index (κ2) is 31.0. The minimum absolute atomic E-state index is 0. The molecule has 0 N–H and O–H groups in total. The summed E-state index contributed by atoms with van der Waals surface area (Å²) >= 11 is 2.92. The SMILES string of the molecule is CC1=C(C)C[C-]=C1.CC1=C(C)C[C-]=C1.CN(C)c1[c-]c2c(cc1)-c1ccccc1C2.CN(C)c1[c-]c2c(cc1)-c1ccccc1C2.[Cl-].[Cl-].[Zr+2]=[C](c1ccccc1)c1ccccc1.[Zr+2]=[C](c1ccccc1)c1ccccc1. The van der Waals surface area contributed by atoms with Gasteiger partial charge in [0.1, 0.15) is 0 Å². The van der Waals surface area contributed by atoms with Crippen LogP contribution in [-0.2, 0) is 61.3 Å². The van der Waals surface area contributed by atoms with Crippen LogP contribution >= 0.6 is 0 Å². The van der Waals surface area contributed by atoms with Crippen LogP contribution in [0, 0.1) is 24.3 Å². The minimum atomic E-state index is 0. The molecule has 0 saturated heterocycles. The normalized spacial score (nSPS) is 12.3. The van der Waals surface area contributed by atoms with Crippen LogP contribution in [0.3, 0.4) is 0 Å². The van der Waals surface area contributed by atoms with Gasteiger partial charge in [0.25, 0.3) is 0 Å². The first kappa shape index (κ1) is 61.3. The van der Waals surface area contributed by atoms with Gasteiger partial charge in [-0.05, 0) is 12.8 Å². The van der Waals surface area contributed by atoms with E-state index in [1.807, 2.05) is 0 Å². The molecule has 0 unspecified atom stereocenters. The third-order valence-corrected chi connectivity index (χ3v) is 16.1. The molecule has 0 fully saturated rings. The number of allylic oxidation sites excluding steroid dienone is 8. The van der Waals surface area contributed by atoms with Gasteiger partial charge in [-0.2, -0.15) is 35.4 Å². The van der Waals surface area contributed by atoms with E-state index < -0.39 is 0 Å². The van der Waals surface area contributed by atoms with Gasteiger partial charge in [-0.25, -0.2) is 23.3 Å². The Hall–Kier alpha value is -5.59. The van der Waals surface area contributed by atoms with Crippen molar-refractivity contribution in [3.05, 3.63) is 297 Å². The molecular weight excluding hydrogens is 1120 g/mol. The maximum atomic E-state index is 3.50. The summed E-state index contributed by atoms with van der Waals surface area (Å²) in [7, 11) is 8.22. The number of anilines is 2. The van der Waals surface area contributed by atoms with Crippen LogP contribution in [0.2, 0.25) is 0 Å². The van der Waals surface area contributed by atoms with Crippen molar-refractivity contribution in [1.29, 1.82) is 0 Å². The summed E-state index contributed by atoms with van der Waals surface area (Å²) in [5.74, 6) is 0. The number of halogens is 2. The van der Waals surface area contributed by atoms with E-state index in [1.165, 1.54) is 144 Å². The fraction of sp³-hybridized carbons (Fsp3) is 0.171. The Balaban J connectivity index is 0.000000172. The Morgan fingerprint density at radius 2 is 0.658 bits per heavy atom. The molecule has 6 heteroatoms. The third-order valence-electron chi connectivity index (χ3n) is 13.3. The van der Waals surface area contributed by atoms with Gasteiger partial charge < -0.3 is 34.6 Å². The van der Waals surface area contributed by atoms with Gasteiger partial charge in [-0.15, -0.1) is 61.1 Å². The summed E-state index contributed by atoms with van der Waals surface area (Å²) in [6.45, 7) is 8.53. The Labute approximate surface area is 497 Å². The predicted molar refractivity (Wildman–Crippen MR) is 309 cm³/mol. The van der Waals surface area contributed by atoms with Crippen LogP contribution in [0.4, 0.5) is 11.4 Å². The van der Waals surface area contributed by atoms with Crippen LogP contribution in [0.25, 0.3) is 22.3 Å². The summed E-state index contributed by atoms with van der Waals surface area (Å²) in [6.07, 6.45) is 14.5. The molecule has 76 heavy (non-hydrogen) atoms. The van der Waals surface area contributed by atoms with Crippen molar-refractivity contribution in [2.45, 2.75) is 53.4 Å². The van der Waals surface area contributed by atoms with Gasteiger partial charge in [0.15, 0.2) is 0 Å². The number of nitrogens with zero attached hydrogens (tertiary/aromatic N) is 2. The quantitative estimate of drug-likeness (QED) is 0.153. The molecule has 8 aromatic carbocycles. The molecule has 0 amide bonds. The van der Waals surface area contributed by atoms with E-state index in [2.05, 4.69) is 296 Å². The second-order valence-corrected chi connectivity index (χ2v) is 21.6. The Morgan fingerprint density at radius 3 is 0.908 bits per heavy atom. The van der Waals surface area contributed by atoms with Crippen molar-refractivity contribution in [3.63, 3.8) is 0 Å². The molecule has 0 aromatic heterocycles. The Bertz CT molecular complexity index is 2980. The molecule has 0 heterocycles. The first-order chi connectivity index (χ1) is 35.9. The van der Waals surface area contributed by atoms with Crippen LogP contribution in [-0.4, -0.2) is 34.6 Å². The van der Waals surface area contributed by atoms with Crippen molar-refractivity contribution in [3.8, 4) is 22.3 Å². The molecule has 8 aromatic rings. The summed E-state index contributed by atoms with van der Waals surface area (Å²) in [5, 5.41) is 0. The van der Waals surface area contributed by atoms with Crippen LogP contribution in [0.15, 0.2) is 229 Å². The molecule has 0 atom stereocenters. The fourth-order valence-electron chi connectivity index (χ4n) is 8.61. The molecule has 0 aliphatic heterocycles. The van der Waals surface area contributed by atoms with Crippen LogP contribution in [0.1, 0.15) is 85.0 Å². The number of hydrogen-bond acceptors (Lipinski definition) is 2. The topological polar surface area (TPSA) is 6.48 Å². The number of fused-ring (bicyclic) bond motifs is 6. The van der Waals surface area contributed by atoms with Crippen molar-refractivity contribution in [2.75, 3.05) is 38.0 Å². The van der Waals surface area contributed by atoms with E-state index in [1.54, 1.807) is 0 Å². The first-order valence-electron chi connectivity index (χ1n) is 25.3. The molecule has 0 bridgehead atoms. The van der Waals surface area contributed by atoms with Crippen molar-refractivity contribution >= 4 is 17.8 Å². The van der Waals surface area contributed by atoms with Gasteiger partial charge in [0.2, 0.25) is 0 Å². The standard InChI is InChI=1S/2C15H14N.2C13H10.2C7H9.2ClH.2Zr/c2*1-16(2)13-7-8-15-12(10-13)9-11-5-3-4-6-14(11)15;2*1-3-7-12(8-4-1)11-13-9-5-2-6-10-13;2*1-6-4-3-5-7(6)2;;;;/h2*3-8H,9H2,1-2H3;2*1-10H;2*4H,5H2,1-2H3;2*1H;;/q2*-1;;;2*-1;;;2*+2/p-2. The molecule has 4 aliphatic rings. The van der Waals surface area contributed by atoms with Crippen LogP contribution < -0.4 is 34.6 Å². The molecule has 380 valence electrons. The number of benzene rings is 8.